The summed E-state index contributed by atoms with van der Waals surface area (Å²) in [6, 6.07) is 40.3. The van der Waals surface area contributed by atoms with Gasteiger partial charge in [-0.1, -0.05) is 54.6 Å². The Morgan fingerprint density at radius 3 is 2.04 bits per heavy atom. The number of carbonyl (C=O) groups excluding carboxylic acids is 3. The van der Waals surface area contributed by atoms with Gasteiger partial charge in [-0.05, 0) is 84.9 Å². The largest absolute Gasteiger partial charge is 0.457 e. The molecule has 4 N–H and O–H groups in total. The molecule has 0 bridgehead atoms. The molecule has 0 aliphatic rings. The molecule has 0 saturated carbocycles. The third kappa shape index (κ3) is 8.36. The molecule has 47 heavy (non-hydrogen) atoms. The fourth-order valence-electron chi connectivity index (χ4n) is 4.72. The summed E-state index contributed by atoms with van der Waals surface area (Å²) in [4.78, 5) is 43.1. The van der Waals surface area contributed by atoms with E-state index < -0.39 is 11.8 Å². The number of benzene rings is 5. The molecule has 1 aromatic heterocycles. The third-order valence-corrected chi connectivity index (χ3v) is 8.06. The zero-order chi connectivity index (χ0) is 32.4. The van der Waals surface area contributed by atoms with Crippen LogP contribution in [0.25, 0.3) is 17.0 Å². The topological polar surface area (TPSA) is 112 Å². The van der Waals surface area contributed by atoms with E-state index in [1.807, 2.05) is 72.8 Å². The van der Waals surface area contributed by atoms with Crippen molar-refractivity contribution in [2.24, 2.45) is 0 Å². The average molecular weight is 639 g/mol. The maximum Gasteiger partial charge on any atom is 0.272 e. The number of anilines is 2. The number of hydrogen-bond acceptors (Lipinski definition) is 5. The summed E-state index contributed by atoms with van der Waals surface area (Å²) >= 11 is 1.38. The summed E-state index contributed by atoms with van der Waals surface area (Å²) in [5.41, 5.74) is 3.43. The van der Waals surface area contributed by atoms with Crippen molar-refractivity contribution in [3.05, 3.63) is 156 Å². The lowest BCUT2D eigenvalue weighted by atomic mass is 10.1. The molecule has 0 saturated heterocycles. The molecule has 232 valence electrons. The maximum atomic E-state index is 13.5. The number of amides is 3. The zero-order valence-corrected chi connectivity index (χ0v) is 25.9. The van der Waals surface area contributed by atoms with Crippen molar-refractivity contribution in [2.75, 3.05) is 16.4 Å². The van der Waals surface area contributed by atoms with Crippen LogP contribution in [0.15, 0.2) is 150 Å². The van der Waals surface area contributed by atoms with E-state index in [4.69, 9.17) is 4.74 Å². The quantitative estimate of drug-likeness (QED) is 0.0846. The Kier molecular flexibility index (Phi) is 9.75. The number of ether oxygens (including phenoxy) is 1. The minimum Gasteiger partial charge on any atom is -0.457 e. The highest BCUT2D eigenvalue weighted by Crippen LogP contribution is 2.25. The number of hydrogen-bond donors (Lipinski definition) is 4. The van der Waals surface area contributed by atoms with Gasteiger partial charge < -0.3 is 25.7 Å². The molecule has 6 rings (SSSR count). The van der Waals surface area contributed by atoms with Crippen LogP contribution in [0.2, 0.25) is 0 Å². The normalized spacial score (nSPS) is 11.1. The standard InChI is InChI=1S/C38H30N4O4S/c43-36(40-28-15-19-31(20-16-28)46-30-11-5-2-6-12-30)25-47-32-21-17-29(18-22-32)41-38(45)35(42-37(44)26-9-3-1-4-10-26)23-27-24-39-34-14-8-7-13-33(27)34/h1-24,39H,25H2,(H,40,43)(H,41,45)(H,42,44). The molecule has 1 heterocycles. The Morgan fingerprint density at radius 2 is 1.30 bits per heavy atom. The monoisotopic (exact) mass is 638 g/mol. The molecule has 0 fully saturated rings. The molecule has 5 aromatic carbocycles. The molecule has 6 aromatic rings. The predicted octanol–water partition coefficient (Wildman–Crippen LogP) is 8.10. The summed E-state index contributed by atoms with van der Waals surface area (Å²) in [7, 11) is 0. The minimum atomic E-state index is -0.473. The van der Waals surface area contributed by atoms with Crippen LogP contribution in [0, 0.1) is 0 Å². The number of H-pyrrole nitrogens is 1. The third-order valence-electron chi connectivity index (χ3n) is 7.05. The van der Waals surface area contributed by atoms with Gasteiger partial charge in [0.05, 0.1) is 5.75 Å². The van der Waals surface area contributed by atoms with Gasteiger partial charge in [-0.3, -0.25) is 14.4 Å². The molecule has 0 atom stereocenters. The second-order valence-electron chi connectivity index (χ2n) is 10.4. The number of aromatic amines is 1. The van der Waals surface area contributed by atoms with Crippen molar-refractivity contribution >= 4 is 57.8 Å². The maximum absolute atomic E-state index is 13.5. The Labute approximate surface area is 275 Å². The molecule has 3 amide bonds. The van der Waals surface area contributed by atoms with Gasteiger partial charge in [0.1, 0.15) is 17.2 Å². The van der Waals surface area contributed by atoms with Gasteiger partial charge in [0.25, 0.3) is 11.8 Å². The zero-order valence-electron chi connectivity index (χ0n) is 25.1. The first-order chi connectivity index (χ1) is 23.0. The Balaban J connectivity index is 1.06. The van der Waals surface area contributed by atoms with Crippen molar-refractivity contribution in [1.82, 2.24) is 10.3 Å². The first-order valence-electron chi connectivity index (χ1n) is 14.8. The van der Waals surface area contributed by atoms with Crippen molar-refractivity contribution in [2.45, 2.75) is 4.90 Å². The summed E-state index contributed by atoms with van der Waals surface area (Å²) in [5, 5.41) is 9.46. The number of para-hydroxylation sites is 2. The number of thioether (sulfide) groups is 1. The average Bonchev–Trinajstić information content (AvgIpc) is 3.52. The molecule has 8 nitrogen and oxygen atoms in total. The number of rotatable bonds is 11. The van der Waals surface area contributed by atoms with Crippen molar-refractivity contribution < 1.29 is 19.1 Å². The van der Waals surface area contributed by atoms with Crippen LogP contribution < -0.4 is 20.7 Å². The van der Waals surface area contributed by atoms with Gasteiger partial charge in [0.15, 0.2) is 0 Å². The van der Waals surface area contributed by atoms with Gasteiger partial charge in [-0.25, -0.2) is 0 Å². The number of carbonyl (C=O) groups is 3. The van der Waals surface area contributed by atoms with Crippen LogP contribution in [0.5, 0.6) is 11.5 Å². The van der Waals surface area contributed by atoms with Gasteiger partial charge in [0, 0.05) is 44.5 Å². The first kappa shape index (κ1) is 30.9. The van der Waals surface area contributed by atoms with E-state index in [-0.39, 0.29) is 17.4 Å². The van der Waals surface area contributed by atoms with E-state index in [9.17, 15) is 14.4 Å². The van der Waals surface area contributed by atoms with Crippen LogP contribution in [0.3, 0.4) is 0 Å². The van der Waals surface area contributed by atoms with E-state index in [0.29, 0.717) is 22.7 Å². The van der Waals surface area contributed by atoms with Crippen LogP contribution in [-0.4, -0.2) is 28.5 Å². The van der Waals surface area contributed by atoms with Crippen LogP contribution in [0.4, 0.5) is 11.4 Å². The Hall–Kier alpha value is -6.06. The van der Waals surface area contributed by atoms with Crippen LogP contribution in [0.1, 0.15) is 15.9 Å². The number of fused-ring (bicyclic) bond motifs is 1. The smallest absolute Gasteiger partial charge is 0.272 e. The van der Waals surface area contributed by atoms with Gasteiger partial charge in [0.2, 0.25) is 5.91 Å². The van der Waals surface area contributed by atoms with E-state index in [0.717, 1.165) is 27.1 Å². The van der Waals surface area contributed by atoms with Gasteiger partial charge in [-0.15, -0.1) is 11.8 Å². The lowest BCUT2D eigenvalue weighted by Gasteiger charge is -2.12. The highest BCUT2D eigenvalue weighted by Gasteiger charge is 2.16. The summed E-state index contributed by atoms with van der Waals surface area (Å²) in [6.45, 7) is 0. The molecular formula is C38H30N4O4S. The SMILES string of the molecule is O=C(CSc1ccc(NC(=O)C(=Cc2c[nH]c3ccccc23)NC(=O)c2ccccc2)cc1)Nc1ccc(Oc2ccccc2)cc1. The second-order valence-corrected chi connectivity index (χ2v) is 11.5. The fourth-order valence-corrected chi connectivity index (χ4v) is 5.42. The Bertz CT molecular complexity index is 2020. The van der Waals surface area contributed by atoms with E-state index >= 15 is 0 Å². The van der Waals surface area contributed by atoms with Crippen molar-refractivity contribution in [3.8, 4) is 11.5 Å². The molecule has 0 aliphatic heterocycles. The molecule has 0 spiro atoms. The second kappa shape index (κ2) is 14.8. The number of aromatic nitrogens is 1. The molecule has 9 heteroatoms. The van der Waals surface area contributed by atoms with E-state index in [1.165, 1.54) is 11.8 Å². The van der Waals surface area contributed by atoms with Crippen molar-refractivity contribution in [3.63, 3.8) is 0 Å². The molecular weight excluding hydrogens is 609 g/mol. The minimum absolute atomic E-state index is 0.0957. The van der Waals surface area contributed by atoms with Crippen LogP contribution >= 0.6 is 11.8 Å². The Morgan fingerprint density at radius 1 is 0.681 bits per heavy atom. The highest BCUT2D eigenvalue weighted by molar-refractivity contribution is 8.00. The lowest BCUT2D eigenvalue weighted by Crippen LogP contribution is -2.30. The van der Waals surface area contributed by atoms with E-state index in [1.54, 1.807) is 72.9 Å². The van der Waals surface area contributed by atoms with E-state index in [2.05, 4.69) is 20.9 Å². The predicted molar refractivity (Wildman–Crippen MR) is 188 cm³/mol. The highest BCUT2D eigenvalue weighted by atomic mass is 32.2. The van der Waals surface area contributed by atoms with Crippen molar-refractivity contribution in [1.29, 1.82) is 0 Å². The fraction of sp³-hybridized carbons (Fsp3) is 0.0263. The summed E-state index contributed by atoms with van der Waals surface area (Å²) in [5.74, 6) is 0.605. The summed E-state index contributed by atoms with van der Waals surface area (Å²) < 4.78 is 5.80. The molecule has 0 radical (unpaired) electrons. The molecule has 0 aliphatic carbocycles. The lowest BCUT2D eigenvalue weighted by molar-refractivity contribution is -0.114. The van der Waals surface area contributed by atoms with Crippen LogP contribution in [-0.2, 0) is 9.59 Å². The van der Waals surface area contributed by atoms with Gasteiger partial charge >= 0.3 is 0 Å². The first-order valence-corrected chi connectivity index (χ1v) is 15.8. The van der Waals surface area contributed by atoms with Gasteiger partial charge in [-0.2, -0.15) is 0 Å². The summed E-state index contributed by atoms with van der Waals surface area (Å²) in [6.07, 6.45) is 3.45. The number of nitrogens with one attached hydrogen (secondary N) is 4. The molecule has 0 unspecified atom stereocenters.